The average Bonchev–Trinajstić information content (AvgIpc) is 3.05. The van der Waals surface area contributed by atoms with Crippen LogP contribution in [0.15, 0.2) is 48.5 Å². The zero-order valence-electron chi connectivity index (χ0n) is 26.8. The van der Waals surface area contributed by atoms with Crippen LogP contribution in [0.4, 0.5) is 5.69 Å². The molecular weight excluding hydrogens is 562 g/mol. The number of nitrogens with one attached hydrogen (secondary N) is 1. The Morgan fingerprint density at radius 2 is 0.955 bits per heavy atom. The van der Waals surface area contributed by atoms with Crippen LogP contribution in [0.5, 0.6) is 5.75 Å². The zero-order valence-corrected chi connectivity index (χ0v) is 26.8. The van der Waals surface area contributed by atoms with E-state index in [1.54, 1.807) is 12.1 Å². The highest BCUT2D eigenvalue weighted by atomic mass is 16.6. The van der Waals surface area contributed by atoms with E-state index >= 15 is 0 Å². The van der Waals surface area contributed by atoms with Gasteiger partial charge in [0.25, 0.3) is 0 Å². The fraction of sp³-hybridized carbons (Fsp3) is 0.600. The van der Waals surface area contributed by atoms with E-state index in [0.29, 0.717) is 56.5 Å². The number of carbonyl (C=O) groups is 2. The first-order chi connectivity index (χ1) is 21.6. The molecule has 44 heavy (non-hydrogen) atoms. The zero-order chi connectivity index (χ0) is 31.5. The Morgan fingerprint density at radius 3 is 1.45 bits per heavy atom. The second-order valence-corrected chi connectivity index (χ2v) is 10.5. The van der Waals surface area contributed by atoms with Gasteiger partial charge in [0.05, 0.1) is 57.4 Å². The van der Waals surface area contributed by atoms with Crippen molar-refractivity contribution in [1.29, 1.82) is 0 Å². The summed E-state index contributed by atoms with van der Waals surface area (Å²) in [7, 11) is 1.81. The van der Waals surface area contributed by atoms with Crippen molar-refractivity contribution in [3.05, 3.63) is 59.7 Å². The van der Waals surface area contributed by atoms with Gasteiger partial charge in [0.15, 0.2) is 0 Å². The molecule has 1 N–H and O–H groups in total. The van der Waals surface area contributed by atoms with E-state index < -0.39 is 11.9 Å². The molecular formula is C35H53NO8. The highest BCUT2D eigenvalue weighted by Gasteiger charge is 2.12. The summed E-state index contributed by atoms with van der Waals surface area (Å²) in [5.74, 6) is -0.559. The van der Waals surface area contributed by atoms with Crippen LogP contribution in [-0.4, -0.2) is 78.4 Å². The normalized spacial score (nSPS) is 11.0. The topological polar surface area (TPSA) is 102 Å². The van der Waals surface area contributed by atoms with E-state index in [9.17, 15) is 9.59 Å². The van der Waals surface area contributed by atoms with Crippen molar-refractivity contribution in [2.45, 2.75) is 71.1 Å². The third kappa shape index (κ3) is 18.0. The van der Waals surface area contributed by atoms with E-state index in [4.69, 9.17) is 28.4 Å². The molecule has 2 aromatic carbocycles. The highest BCUT2D eigenvalue weighted by Crippen LogP contribution is 2.17. The summed E-state index contributed by atoms with van der Waals surface area (Å²) in [5, 5.41) is 3.00. The Labute approximate surface area is 263 Å². The first-order valence-corrected chi connectivity index (χ1v) is 16.2. The largest absolute Gasteiger partial charge is 0.460 e. The molecule has 0 radical (unpaired) electrons. The molecule has 0 saturated heterocycles. The number of rotatable bonds is 27. The molecule has 0 bridgehead atoms. The lowest BCUT2D eigenvalue weighted by Crippen LogP contribution is -2.15. The number of carbonyl (C=O) groups excluding carboxylic acids is 2. The molecule has 9 heteroatoms. The molecule has 2 aromatic rings. The van der Waals surface area contributed by atoms with E-state index in [1.807, 2.05) is 19.2 Å². The van der Waals surface area contributed by atoms with Crippen molar-refractivity contribution < 1.29 is 38.0 Å². The number of benzene rings is 2. The van der Waals surface area contributed by atoms with Gasteiger partial charge in [0.1, 0.15) is 12.4 Å². The third-order valence-electron chi connectivity index (χ3n) is 6.93. The molecule has 0 fully saturated rings. The minimum Gasteiger partial charge on any atom is -0.460 e. The van der Waals surface area contributed by atoms with Crippen LogP contribution in [0.25, 0.3) is 0 Å². The number of hydrogen-bond donors (Lipinski definition) is 1. The predicted molar refractivity (Wildman–Crippen MR) is 173 cm³/mol. The van der Waals surface area contributed by atoms with E-state index in [1.165, 1.54) is 82.1 Å². The molecule has 0 heterocycles. The molecule has 0 aliphatic heterocycles. The molecule has 2 rings (SSSR count). The van der Waals surface area contributed by atoms with Crippen molar-refractivity contribution in [2.24, 2.45) is 0 Å². The Kier molecular flexibility index (Phi) is 21.4. The number of hydrogen-bond acceptors (Lipinski definition) is 9. The van der Waals surface area contributed by atoms with Crippen molar-refractivity contribution in [2.75, 3.05) is 71.8 Å². The van der Waals surface area contributed by atoms with Crippen molar-refractivity contribution in [3.63, 3.8) is 0 Å². The fourth-order valence-corrected chi connectivity index (χ4v) is 4.33. The van der Waals surface area contributed by atoms with E-state index in [2.05, 4.69) is 12.2 Å². The molecule has 0 aliphatic carbocycles. The van der Waals surface area contributed by atoms with Crippen LogP contribution in [0.2, 0.25) is 0 Å². The summed E-state index contributed by atoms with van der Waals surface area (Å²) in [5.41, 5.74) is 1.59. The molecule has 0 spiro atoms. The average molecular weight is 616 g/mol. The van der Waals surface area contributed by atoms with Gasteiger partial charge in [-0.25, -0.2) is 9.59 Å². The van der Waals surface area contributed by atoms with Crippen LogP contribution >= 0.6 is 0 Å². The van der Waals surface area contributed by atoms with Gasteiger partial charge in [-0.15, -0.1) is 0 Å². The van der Waals surface area contributed by atoms with Gasteiger partial charge in [-0.2, -0.15) is 0 Å². The van der Waals surface area contributed by atoms with Gasteiger partial charge < -0.3 is 33.7 Å². The summed E-state index contributed by atoms with van der Waals surface area (Å²) < 4.78 is 32.7. The smallest absolute Gasteiger partial charge is 0.343 e. The van der Waals surface area contributed by atoms with Crippen molar-refractivity contribution in [1.82, 2.24) is 0 Å². The summed E-state index contributed by atoms with van der Waals surface area (Å²) >= 11 is 0. The quantitative estimate of drug-likeness (QED) is 0.0641. The summed E-state index contributed by atoms with van der Waals surface area (Å²) in [6.45, 7) is 6.46. The first-order valence-electron chi connectivity index (χ1n) is 16.2. The Balaban J connectivity index is 1.35. The summed E-state index contributed by atoms with van der Waals surface area (Å²) in [6.07, 6.45) is 13.3. The van der Waals surface area contributed by atoms with Gasteiger partial charge in [0.2, 0.25) is 0 Å². The molecule has 0 amide bonds. The molecule has 0 unspecified atom stereocenters. The Morgan fingerprint density at radius 1 is 0.523 bits per heavy atom. The monoisotopic (exact) mass is 615 g/mol. The van der Waals surface area contributed by atoms with Gasteiger partial charge in [-0.05, 0) is 55.0 Å². The predicted octanol–water partition coefficient (Wildman–Crippen LogP) is 7.09. The second-order valence-electron chi connectivity index (χ2n) is 10.5. The SMILES string of the molecule is CCCCCCCCCCCCOCCOCCOCCOCCOC(=O)c1ccc(C(=O)Oc2ccc(NC)cc2)cc1. The number of anilines is 1. The van der Waals surface area contributed by atoms with E-state index in [-0.39, 0.29) is 13.2 Å². The van der Waals surface area contributed by atoms with Gasteiger partial charge >= 0.3 is 11.9 Å². The standard InChI is InChI=1S/C35H53NO8/c1-3-4-5-6-7-8-9-10-11-12-21-39-22-23-40-24-25-41-26-27-42-28-29-43-34(37)30-13-15-31(16-14-30)35(38)44-33-19-17-32(36-2)18-20-33/h13-20,36H,3-12,21-29H2,1-2H3. The second kappa shape index (κ2) is 25.4. The van der Waals surface area contributed by atoms with Crippen molar-refractivity contribution in [3.8, 4) is 5.75 Å². The molecule has 0 atom stereocenters. The minimum absolute atomic E-state index is 0.119. The van der Waals surface area contributed by atoms with Gasteiger partial charge in [0, 0.05) is 19.3 Å². The minimum atomic E-state index is -0.506. The maximum atomic E-state index is 12.3. The van der Waals surface area contributed by atoms with Crippen LogP contribution in [0.1, 0.15) is 91.8 Å². The molecule has 0 aromatic heterocycles. The van der Waals surface area contributed by atoms with Gasteiger partial charge in [-0.1, -0.05) is 64.7 Å². The highest BCUT2D eigenvalue weighted by molar-refractivity contribution is 5.94. The first kappa shape index (κ1) is 37.2. The summed E-state index contributed by atoms with van der Waals surface area (Å²) in [6, 6.07) is 13.2. The van der Waals surface area contributed by atoms with Crippen molar-refractivity contribution >= 4 is 17.6 Å². The molecule has 246 valence electrons. The lowest BCUT2D eigenvalue weighted by molar-refractivity contribution is -0.00914. The molecule has 0 saturated carbocycles. The van der Waals surface area contributed by atoms with Gasteiger partial charge in [-0.3, -0.25) is 0 Å². The van der Waals surface area contributed by atoms with Crippen LogP contribution in [0.3, 0.4) is 0 Å². The third-order valence-corrected chi connectivity index (χ3v) is 6.93. The fourth-order valence-electron chi connectivity index (χ4n) is 4.33. The lowest BCUT2D eigenvalue weighted by Gasteiger charge is -2.08. The number of unbranched alkanes of at least 4 members (excludes halogenated alkanes) is 9. The molecule has 0 aliphatic rings. The number of ether oxygens (including phenoxy) is 6. The Hall–Kier alpha value is -2.98. The van der Waals surface area contributed by atoms with E-state index in [0.717, 1.165) is 18.7 Å². The number of esters is 2. The van der Waals surface area contributed by atoms with Crippen LogP contribution in [0, 0.1) is 0 Å². The maximum absolute atomic E-state index is 12.3. The maximum Gasteiger partial charge on any atom is 0.343 e. The molecule has 9 nitrogen and oxygen atoms in total. The van der Waals surface area contributed by atoms with Crippen LogP contribution in [-0.2, 0) is 23.7 Å². The summed E-state index contributed by atoms with van der Waals surface area (Å²) in [4.78, 5) is 24.6. The lowest BCUT2D eigenvalue weighted by atomic mass is 10.1. The Bertz CT molecular complexity index is 997. The van der Waals surface area contributed by atoms with Crippen LogP contribution < -0.4 is 10.1 Å².